The SMILES string of the molecule is Nc1ccc(Oc2cncc(Cl)c2)cc1C(=O)O. The van der Waals surface area contributed by atoms with Gasteiger partial charge in [-0.15, -0.1) is 0 Å². The van der Waals surface area contributed by atoms with Gasteiger partial charge in [-0.25, -0.2) is 4.79 Å². The molecule has 0 bridgehead atoms. The fraction of sp³-hybridized carbons (Fsp3) is 0. The van der Waals surface area contributed by atoms with Gasteiger partial charge >= 0.3 is 5.97 Å². The van der Waals surface area contributed by atoms with Crippen LogP contribution in [0.25, 0.3) is 0 Å². The molecule has 92 valence electrons. The average Bonchev–Trinajstić information content (AvgIpc) is 2.31. The summed E-state index contributed by atoms with van der Waals surface area (Å²) in [6.45, 7) is 0. The van der Waals surface area contributed by atoms with Crippen LogP contribution in [-0.2, 0) is 0 Å². The standard InChI is InChI=1S/C12H9ClN2O3/c13-7-3-9(6-15-5-7)18-8-1-2-11(14)10(4-8)12(16)17/h1-6H,14H2,(H,16,17). The van der Waals surface area contributed by atoms with Crippen molar-refractivity contribution in [2.45, 2.75) is 0 Å². The van der Waals surface area contributed by atoms with E-state index in [1.54, 1.807) is 12.1 Å². The molecule has 0 radical (unpaired) electrons. The van der Waals surface area contributed by atoms with Crippen LogP contribution in [0.5, 0.6) is 11.5 Å². The molecule has 0 saturated carbocycles. The molecule has 6 heteroatoms. The summed E-state index contributed by atoms with van der Waals surface area (Å²) in [4.78, 5) is 14.8. The fourth-order valence-corrected chi connectivity index (χ4v) is 1.53. The van der Waals surface area contributed by atoms with Crippen LogP contribution in [0.15, 0.2) is 36.7 Å². The molecule has 0 spiro atoms. The van der Waals surface area contributed by atoms with Crippen LogP contribution in [0.2, 0.25) is 5.02 Å². The van der Waals surface area contributed by atoms with Crippen LogP contribution in [0.4, 0.5) is 5.69 Å². The number of hydrogen-bond acceptors (Lipinski definition) is 4. The Hall–Kier alpha value is -2.27. The summed E-state index contributed by atoms with van der Waals surface area (Å²) >= 11 is 5.76. The molecule has 1 aromatic heterocycles. The number of carbonyl (C=O) groups is 1. The molecule has 0 aliphatic rings. The van der Waals surface area contributed by atoms with Gasteiger partial charge in [-0.2, -0.15) is 0 Å². The number of carboxylic acid groups (broad SMARTS) is 1. The van der Waals surface area contributed by atoms with Crippen LogP contribution in [-0.4, -0.2) is 16.1 Å². The lowest BCUT2D eigenvalue weighted by atomic mass is 10.2. The van der Waals surface area contributed by atoms with Gasteiger partial charge in [0.1, 0.15) is 11.5 Å². The minimum atomic E-state index is -1.11. The fourth-order valence-electron chi connectivity index (χ4n) is 1.37. The van der Waals surface area contributed by atoms with Crippen molar-refractivity contribution in [1.29, 1.82) is 0 Å². The quantitative estimate of drug-likeness (QED) is 0.833. The van der Waals surface area contributed by atoms with E-state index < -0.39 is 5.97 Å². The molecule has 0 atom stereocenters. The van der Waals surface area contributed by atoms with Gasteiger partial charge < -0.3 is 15.6 Å². The number of anilines is 1. The van der Waals surface area contributed by atoms with Crippen molar-refractivity contribution in [3.05, 3.63) is 47.2 Å². The van der Waals surface area contributed by atoms with E-state index in [-0.39, 0.29) is 11.3 Å². The highest BCUT2D eigenvalue weighted by Crippen LogP contribution is 2.26. The highest BCUT2D eigenvalue weighted by atomic mass is 35.5. The second kappa shape index (κ2) is 4.93. The van der Waals surface area contributed by atoms with E-state index in [0.717, 1.165) is 0 Å². The summed E-state index contributed by atoms with van der Waals surface area (Å²) in [6, 6.07) is 5.96. The number of nitrogen functional groups attached to an aromatic ring is 1. The van der Waals surface area contributed by atoms with E-state index in [9.17, 15) is 4.79 Å². The lowest BCUT2D eigenvalue weighted by molar-refractivity contribution is 0.0697. The van der Waals surface area contributed by atoms with Crippen LogP contribution < -0.4 is 10.5 Å². The third-order valence-corrected chi connectivity index (χ3v) is 2.38. The van der Waals surface area contributed by atoms with E-state index in [2.05, 4.69) is 4.98 Å². The minimum absolute atomic E-state index is 0.0116. The molecule has 0 unspecified atom stereocenters. The van der Waals surface area contributed by atoms with E-state index in [1.165, 1.54) is 24.5 Å². The first-order valence-electron chi connectivity index (χ1n) is 4.97. The Labute approximate surface area is 108 Å². The Morgan fingerprint density at radius 2 is 2.06 bits per heavy atom. The van der Waals surface area contributed by atoms with E-state index >= 15 is 0 Å². The van der Waals surface area contributed by atoms with Gasteiger partial charge in [0.15, 0.2) is 0 Å². The largest absolute Gasteiger partial charge is 0.478 e. The molecule has 3 N–H and O–H groups in total. The molecular weight excluding hydrogens is 256 g/mol. The number of benzene rings is 1. The Morgan fingerprint density at radius 3 is 2.72 bits per heavy atom. The van der Waals surface area contributed by atoms with Gasteiger partial charge in [0.25, 0.3) is 0 Å². The van der Waals surface area contributed by atoms with Crippen molar-refractivity contribution in [3.63, 3.8) is 0 Å². The molecule has 18 heavy (non-hydrogen) atoms. The monoisotopic (exact) mass is 264 g/mol. The molecule has 0 fully saturated rings. The van der Waals surface area contributed by atoms with Gasteiger partial charge in [-0.3, -0.25) is 4.98 Å². The number of nitrogens with zero attached hydrogens (tertiary/aromatic N) is 1. The number of carboxylic acids is 1. The van der Waals surface area contributed by atoms with Crippen LogP contribution >= 0.6 is 11.6 Å². The lowest BCUT2D eigenvalue weighted by Crippen LogP contribution is -2.02. The molecule has 0 aliphatic heterocycles. The maximum Gasteiger partial charge on any atom is 0.337 e. The van der Waals surface area contributed by atoms with Crippen molar-refractivity contribution in [1.82, 2.24) is 4.98 Å². The number of rotatable bonds is 3. The van der Waals surface area contributed by atoms with Crippen molar-refractivity contribution in [2.75, 3.05) is 5.73 Å². The van der Waals surface area contributed by atoms with Crippen molar-refractivity contribution in [3.8, 4) is 11.5 Å². The highest BCUT2D eigenvalue weighted by Gasteiger charge is 2.09. The summed E-state index contributed by atoms with van der Waals surface area (Å²) in [7, 11) is 0. The van der Waals surface area contributed by atoms with Gasteiger partial charge in [-0.1, -0.05) is 11.6 Å². The smallest absolute Gasteiger partial charge is 0.337 e. The van der Waals surface area contributed by atoms with E-state index in [1.807, 2.05) is 0 Å². The topological polar surface area (TPSA) is 85.4 Å². The van der Waals surface area contributed by atoms with Crippen molar-refractivity contribution < 1.29 is 14.6 Å². The highest BCUT2D eigenvalue weighted by molar-refractivity contribution is 6.30. The summed E-state index contributed by atoms with van der Waals surface area (Å²) < 4.78 is 5.44. The molecule has 2 aromatic rings. The van der Waals surface area contributed by atoms with Crippen LogP contribution in [0.1, 0.15) is 10.4 Å². The molecule has 2 rings (SSSR count). The van der Waals surface area contributed by atoms with E-state index in [4.69, 9.17) is 27.2 Å². The molecule has 0 saturated heterocycles. The average molecular weight is 265 g/mol. The molecule has 0 aliphatic carbocycles. The summed E-state index contributed by atoms with van der Waals surface area (Å²) in [5, 5.41) is 9.36. The van der Waals surface area contributed by atoms with Crippen LogP contribution in [0, 0.1) is 0 Å². The lowest BCUT2D eigenvalue weighted by Gasteiger charge is -2.07. The second-order valence-corrected chi connectivity index (χ2v) is 3.93. The molecule has 1 aromatic carbocycles. The molecular formula is C12H9ClN2O3. The zero-order chi connectivity index (χ0) is 13.1. The number of aromatic nitrogens is 1. The predicted octanol–water partition coefficient (Wildman–Crippen LogP) is 2.81. The minimum Gasteiger partial charge on any atom is -0.478 e. The molecule has 1 heterocycles. The maximum atomic E-state index is 10.9. The maximum absolute atomic E-state index is 10.9. The number of hydrogen-bond donors (Lipinski definition) is 2. The third-order valence-electron chi connectivity index (χ3n) is 2.17. The van der Waals surface area contributed by atoms with Gasteiger partial charge in [0.05, 0.1) is 16.8 Å². The number of ether oxygens (including phenoxy) is 1. The Kier molecular flexibility index (Phi) is 3.34. The summed E-state index contributed by atoms with van der Waals surface area (Å²) in [5.41, 5.74) is 5.71. The number of halogens is 1. The van der Waals surface area contributed by atoms with Crippen LogP contribution in [0.3, 0.4) is 0 Å². The van der Waals surface area contributed by atoms with Gasteiger partial charge in [0.2, 0.25) is 0 Å². The normalized spacial score (nSPS) is 10.1. The Balaban J connectivity index is 2.30. The Morgan fingerprint density at radius 1 is 1.28 bits per heavy atom. The van der Waals surface area contributed by atoms with Gasteiger partial charge in [-0.05, 0) is 18.2 Å². The number of nitrogens with two attached hydrogens (primary N) is 1. The zero-order valence-corrected chi connectivity index (χ0v) is 9.89. The summed E-state index contributed by atoms with van der Waals surface area (Å²) in [6.07, 6.45) is 2.95. The first kappa shape index (κ1) is 12.2. The summed E-state index contributed by atoms with van der Waals surface area (Å²) in [5.74, 6) is -0.337. The Bertz CT molecular complexity index is 602. The number of pyridine rings is 1. The molecule has 5 nitrogen and oxygen atoms in total. The number of aromatic carboxylic acids is 1. The third kappa shape index (κ3) is 2.70. The van der Waals surface area contributed by atoms with Gasteiger partial charge in [0, 0.05) is 18.0 Å². The molecule has 0 amide bonds. The first-order chi connectivity index (χ1) is 8.56. The van der Waals surface area contributed by atoms with Crippen molar-refractivity contribution in [2.24, 2.45) is 0 Å². The first-order valence-corrected chi connectivity index (χ1v) is 5.35. The van der Waals surface area contributed by atoms with E-state index in [0.29, 0.717) is 16.5 Å². The zero-order valence-electron chi connectivity index (χ0n) is 9.13. The van der Waals surface area contributed by atoms with Crippen molar-refractivity contribution >= 4 is 23.3 Å². The predicted molar refractivity (Wildman–Crippen MR) is 67.1 cm³/mol. The second-order valence-electron chi connectivity index (χ2n) is 3.50.